The molecule has 0 saturated heterocycles. The zero-order valence-electron chi connectivity index (χ0n) is 15.2. The van der Waals surface area contributed by atoms with Gasteiger partial charge in [0.15, 0.2) is 5.82 Å². The van der Waals surface area contributed by atoms with Crippen LogP contribution >= 0.6 is 11.8 Å². The van der Waals surface area contributed by atoms with Gasteiger partial charge in [-0.15, -0.1) is 11.8 Å². The third kappa shape index (κ3) is 2.88. The van der Waals surface area contributed by atoms with Crippen LogP contribution in [0.3, 0.4) is 0 Å². The van der Waals surface area contributed by atoms with Crippen LogP contribution < -0.4 is 10.5 Å². The highest BCUT2D eigenvalue weighted by Crippen LogP contribution is 2.39. The van der Waals surface area contributed by atoms with Gasteiger partial charge in [0.05, 0.1) is 29.4 Å². The number of anilines is 1. The smallest absolute Gasteiger partial charge is 0.153 e. The average Bonchev–Trinajstić information content (AvgIpc) is 3.16. The largest absolute Gasteiger partial charge is 0.495 e. The van der Waals surface area contributed by atoms with Crippen LogP contribution in [0, 0.1) is 0 Å². The molecule has 3 heterocycles. The zero-order chi connectivity index (χ0) is 18.5. The van der Waals surface area contributed by atoms with Gasteiger partial charge in [-0.25, -0.2) is 4.98 Å². The molecule has 0 spiro atoms. The van der Waals surface area contributed by atoms with E-state index in [0.29, 0.717) is 5.82 Å². The molecule has 1 aromatic carbocycles. The fourth-order valence-electron chi connectivity index (χ4n) is 2.97. The van der Waals surface area contributed by atoms with Crippen LogP contribution in [0.25, 0.3) is 27.8 Å². The van der Waals surface area contributed by atoms with Crippen molar-refractivity contribution in [2.75, 3.05) is 12.8 Å². The van der Waals surface area contributed by atoms with Crippen LogP contribution in [0.1, 0.15) is 20.8 Å². The number of nitrogens with one attached hydrogen (secondary N) is 1. The maximum Gasteiger partial charge on any atom is 0.153 e. The number of nitrogen functional groups attached to an aromatic ring is 1. The Morgan fingerprint density at radius 2 is 2.04 bits per heavy atom. The summed E-state index contributed by atoms with van der Waals surface area (Å²) in [4.78, 5) is 5.63. The Kier molecular flexibility index (Phi) is 3.84. The van der Waals surface area contributed by atoms with Gasteiger partial charge in [-0.1, -0.05) is 26.8 Å². The molecular formula is C19H21N5OS. The summed E-state index contributed by atoms with van der Waals surface area (Å²) < 4.78 is 7.75. The van der Waals surface area contributed by atoms with Crippen LogP contribution in [0.15, 0.2) is 41.6 Å². The minimum absolute atomic E-state index is 0.0774. The average molecular weight is 367 g/mol. The lowest BCUT2D eigenvalue weighted by Gasteiger charge is -2.19. The fourth-order valence-corrected chi connectivity index (χ4v) is 4.03. The topological polar surface area (TPSA) is 81.2 Å². The Labute approximate surface area is 155 Å². The Morgan fingerprint density at radius 3 is 2.77 bits per heavy atom. The Balaban J connectivity index is 1.88. The lowest BCUT2D eigenvalue weighted by Crippen LogP contribution is -2.07. The van der Waals surface area contributed by atoms with Crippen LogP contribution in [-0.2, 0) is 0 Å². The fraction of sp³-hybridized carbons (Fsp3) is 0.263. The standard InChI is InChI=1S/C19H21N5OS/c1-19(2,3)26-16-10-24-14(9-21-17(24)8-15(16)25-4)11-5-6-12-13(7-11)22-23-18(12)20/h5-10H,1-4H3,(H3,20,22,23). The minimum atomic E-state index is 0.0774. The molecule has 0 unspecified atom stereocenters. The van der Waals surface area contributed by atoms with Crippen molar-refractivity contribution in [3.63, 3.8) is 0 Å². The van der Waals surface area contributed by atoms with Crippen molar-refractivity contribution < 1.29 is 4.74 Å². The summed E-state index contributed by atoms with van der Waals surface area (Å²) >= 11 is 1.77. The maximum absolute atomic E-state index is 5.87. The molecule has 0 saturated carbocycles. The molecule has 26 heavy (non-hydrogen) atoms. The second-order valence-corrected chi connectivity index (χ2v) is 9.03. The first-order valence-corrected chi connectivity index (χ1v) is 9.15. The number of hydrogen-bond donors (Lipinski definition) is 2. The van der Waals surface area contributed by atoms with Crippen molar-refractivity contribution in [2.24, 2.45) is 0 Å². The van der Waals surface area contributed by atoms with E-state index in [-0.39, 0.29) is 4.75 Å². The third-order valence-electron chi connectivity index (χ3n) is 4.10. The van der Waals surface area contributed by atoms with Crippen LogP contribution in [-0.4, -0.2) is 31.4 Å². The van der Waals surface area contributed by atoms with Crippen molar-refractivity contribution in [1.82, 2.24) is 19.6 Å². The summed E-state index contributed by atoms with van der Waals surface area (Å²) in [5.41, 5.74) is 9.68. The second kappa shape index (κ2) is 5.95. The van der Waals surface area contributed by atoms with Crippen LogP contribution in [0.2, 0.25) is 0 Å². The molecule has 0 fully saturated rings. The highest BCUT2D eigenvalue weighted by molar-refractivity contribution is 8.00. The number of thioether (sulfide) groups is 1. The van der Waals surface area contributed by atoms with Gasteiger partial charge in [-0.05, 0) is 12.1 Å². The van der Waals surface area contributed by atoms with Crippen molar-refractivity contribution in [1.29, 1.82) is 0 Å². The Morgan fingerprint density at radius 1 is 1.23 bits per heavy atom. The first-order chi connectivity index (χ1) is 12.4. The molecular weight excluding hydrogens is 346 g/mol. The first-order valence-electron chi connectivity index (χ1n) is 8.34. The molecule has 6 nitrogen and oxygen atoms in total. The Hall–Kier alpha value is -2.67. The lowest BCUT2D eigenvalue weighted by molar-refractivity contribution is 0.404. The van der Waals surface area contributed by atoms with Crippen molar-refractivity contribution in [3.05, 3.63) is 36.7 Å². The molecule has 4 aromatic rings. The SMILES string of the molecule is COc1cc2ncc(-c3ccc4c(N)n[nH]c4c3)n2cc1SC(C)(C)C. The number of H-pyrrole nitrogens is 1. The predicted octanol–water partition coefficient (Wildman–Crippen LogP) is 4.36. The number of nitrogens with two attached hydrogens (primary N) is 1. The molecule has 3 aromatic heterocycles. The third-order valence-corrected chi connectivity index (χ3v) is 5.24. The monoisotopic (exact) mass is 367 g/mol. The molecule has 134 valence electrons. The Bertz CT molecular complexity index is 1110. The van der Waals surface area contributed by atoms with E-state index < -0.39 is 0 Å². The number of nitrogens with zero attached hydrogens (tertiary/aromatic N) is 3. The summed E-state index contributed by atoms with van der Waals surface area (Å²) in [6.45, 7) is 6.56. The molecule has 0 aliphatic carbocycles. The van der Waals surface area contributed by atoms with Crippen LogP contribution in [0.4, 0.5) is 5.82 Å². The molecule has 0 aliphatic heterocycles. The number of hydrogen-bond acceptors (Lipinski definition) is 5. The number of rotatable bonds is 3. The van der Waals surface area contributed by atoms with Gasteiger partial charge in [0.2, 0.25) is 0 Å². The normalized spacial score (nSPS) is 12.2. The van der Waals surface area contributed by atoms with Gasteiger partial charge in [-0.3, -0.25) is 9.50 Å². The molecule has 0 aliphatic rings. The summed E-state index contributed by atoms with van der Waals surface area (Å²) in [5.74, 6) is 1.35. The summed E-state index contributed by atoms with van der Waals surface area (Å²) in [6.07, 6.45) is 3.97. The molecule has 0 atom stereocenters. The number of pyridine rings is 1. The number of methoxy groups -OCH3 is 1. The second-order valence-electron chi connectivity index (χ2n) is 7.16. The number of fused-ring (bicyclic) bond motifs is 2. The van der Waals surface area contributed by atoms with E-state index in [2.05, 4.69) is 46.6 Å². The molecule has 4 rings (SSSR count). The van der Waals surface area contributed by atoms with Crippen LogP contribution in [0.5, 0.6) is 5.75 Å². The van der Waals surface area contributed by atoms with Gasteiger partial charge in [0.25, 0.3) is 0 Å². The van der Waals surface area contributed by atoms with E-state index in [4.69, 9.17) is 10.5 Å². The summed E-state index contributed by atoms with van der Waals surface area (Å²) in [5, 5.41) is 7.96. The molecule has 0 radical (unpaired) electrons. The summed E-state index contributed by atoms with van der Waals surface area (Å²) in [7, 11) is 1.69. The number of aromatic nitrogens is 4. The molecule has 0 amide bonds. The first kappa shape index (κ1) is 16.8. The van der Waals surface area contributed by atoms with Gasteiger partial charge in [0.1, 0.15) is 11.4 Å². The van der Waals surface area contributed by atoms with E-state index in [1.54, 1.807) is 18.9 Å². The number of benzene rings is 1. The predicted molar refractivity (Wildman–Crippen MR) is 107 cm³/mol. The van der Waals surface area contributed by atoms with Gasteiger partial charge in [-0.2, -0.15) is 5.10 Å². The van der Waals surface area contributed by atoms with Gasteiger partial charge < -0.3 is 10.5 Å². The van der Waals surface area contributed by atoms with Gasteiger partial charge in [0, 0.05) is 28.0 Å². The minimum Gasteiger partial charge on any atom is -0.495 e. The number of ether oxygens (including phenoxy) is 1. The lowest BCUT2D eigenvalue weighted by atomic mass is 10.1. The molecule has 0 bridgehead atoms. The van der Waals surface area contributed by atoms with Crippen molar-refractivity contribution in [3.8, 4) is 17.0 Å². The maximum atomic E-state index is 5.87. The highest BCUT2D eigenvalue weighted by atomic mass is 32.2. The van der Waals surface area contributed by atoms with E-state index >= 15 is 0 Å². The van der Waals surface area contributed by atoms with E-state index in [1.165, 1.54) is 0 Å². The quantitative estimate of drug-likeness (QED) is 0.526. The van der Waals surface area contributed by atoms with Crippen molar-refractivity contribution in [2.45, 2.75) is 30.4 Å². The van der Waals surface area contributed by atoms with Crippen molar-refractivity contribution >= 4 is 34.1 Å². The number of aromatic amines is 1. The molecule has 7 heteroatoms. The van der Waals surface area contributed by atoms with E-state index in [0.717, 1.165) is 38.5 Å². The van der Waals surface area contributed by atoms with E-state index in [1.807, 2.05) is 30.5 Å². The zero-order valence-corrected chi connectivity index (χ0v) is 16.0. The highest BCUT2D eigenvalue weighted by Gasteiger charge is 2.18. The van der Waals surface area contributed by atoms with Gasteiger partial charge >= 0.3 is 0 Å². The molecule has 3 N–H and O–H groups in total. The van der Waals surface area contributed by atoms with E-state index in [9.17, 15) is 0 Å². The number of imidazole rings is 1. The summed E-state index contributed by atoms with van der Waals surface area (Å²) in [6, 6.07) is 8.04.